The summed E-state index contributed by atoms with van der Waals surface area (Å²) in [7, 11) is 2.97. The first kappa shape index (κ1) is 22.5. The zero-order valence-electron chi connectivity index (χ0n) is 17.6. The number of nitrogens with one attached hydrogen (secondary N) is 2. The van der Waals surface area contributed by atoms with Crippen molar-refractivity contribution in [1.29, 1.82) is 0 Å². The molecule has 2 N–H and O–H groups in total. The lowest BCUT2D eigenvalue weighted by atomic mass is 9.97. The SMILES string of the molecule is COC(=O)C1CCN(C(=O)CCc2csc(NC(=O)Nc3ccc(OC)cc3)n2)CC1. The van der Waals surface area contributed by atoms with E-state index in [0.29, 0.717) is 55.3 Å². The van der Waals surface area contributed by atoms with Crippen LogP contribution in [-0.4, -0.2) is 55.1 Å². The van der Waals surface area contributed by atoms with E-state index in [0.717, 1.165) is 5.69 Å². The van der Waals surface area contributed by atoms with Crippen molar-refractivity contribution in [3.05, 3.63) is 35.3 Å². The summed E-state index contributed by atoms with van der Waals surface area (Å²) in [5.74, 6) is 0.428. The number of piperidine rings is 1. The standard InChI is InChI=1S/C21H26N4O5S/c1-29-17-6-3-15(4-7-17)22-20(28)24-21-23-16(13-31-21)5-8-18(26)25-11-9-14(10-12-25)19(27)30-2/h3-4,6-7,13-14H,5,8-12H2,1-2H3,(H2,22,23,24,28). The van der Waals surface area contributed by atoms with Gasteiger partial charge in [-0.2, -0.15) is 0 Å². The summed E-state index contributed by atoms with van der Waals surface area (Å²) in [6.45, 7) is 1.13. The van der Waals surface area contributed by atoms with Crippen molar-refractivity contribution in [2.24, 2.45) is 5.92 Å². The highest BCUT2D eigenvalue weighted by Crippen LogP contribution is 2.21. The van der Waals surface area contributed by atoms with Gasteiger partial charge in [-0.15, -0.1) is 11.3 Å². The Morgan fingerprint density at radius 1 is 1.13 bits per heavy atom. The van der Waals surface area contributed by atoms with Crippen LogP contribution in [0.4, 0.5) is 15.6 Å². The Morgan fingerprint density at radius 2 is 1.84 bits per heavy atom. The van der Waals surface area contributed by atoms with E-state index < -0.39 is 6.03 Å². The quantitative estimate of drug-likeness (QED) is 0.633. The number of benzene rings is 1. The zero-order valence-corrected chi connectivity index (χ0v) is 18.4. The highest BCUT2D eigenvalue weighted by atomic mass is 32.1. The Hall–Kier alpha value is -3.14. The average molecular weight is 447 g/mol. The molecule has 2 heterocycles. The van der Waals surface area contributed by atoms with Crippen LogP contribution in [0.25, 0.3) is 0 Å². The number of amides is 3. The van der Waals surface area contributed by atoms with Gasteiger partial charge in [-0.3, -0.25) is 14.9 Å². The first-order valence-electron chi connectivity index (χ1n) is 10.0. The van der Waals surface area contributed by atoms with Gasteiger partial charge in [0, 0.05) is 30.6 Å². The molecule has 0 saturated carbocycles. The van der Waals surface area contributed by atoms with Gasteiger partial charge in [0.1, 0.15) is 5.75 Å². The molecular weight excluding hydrogens is 420 g/mol. The van der Waals surface area contributed by atoms with Crippen LogP contribution < -0.4 is 15.4 Å². The summed E-state index contributed by atoms with van der Waals surface area (Å²) in [6, 6.07) is 6.60. The van der Waals surface area contributed by atoms with E-state index in [1.165, 1.54) is 18.4 Å². The van der Waals surface area contributed by atoms with Crippen LogP contribution in [0.3, 0.4) is 0 Å². The first-order chi connectivity index (χ1) is 15.0. The Kier molecular flexibility index (Phi) is 7.82. The molecule has 31 heavy (non-hydrogen) atoms. The lowest BCUT2D eigenvalue weighted by Gasteiger charge is -2.30. The summed E-state index contributed by atoms with van der Waals surface area (Å²) in [4.78, 5) is 42.3. The molecule has 166 valence electrons. The average Bonchev–Trinajstić information content (AvgIpc) is 3.24. The fourth-order valence-electron chi connectivity index (χ4n) is 3.34. The molecule has 1 aliphatic heterocycles. The van der Waals surface area contributed by atoms with Crippen molar-refractivity contribution in [3.8, 4) is 5.75 Å². The van der Waals surface area contributed by atoms with Crippen molar-refractivity contribution >= 4 is 40.1 Å². The third-order valence-electron chi connectivity index (χ3n) is 5.10. The predicted molar refractivity (Wildman–Crippen MR) is 117 cm³/mol. The maximum Gasteiger partial charge on any atom is 0.325 e. The maximum atomic E-state index is 12.4. The van der Waals surface area contributed by atoms with E-state index in [1.54, 1.807) is 36.3 Å². The van der Waals surface area contributed by atoms with Crippen molar-refractivity contribution < 1.29 is 23.9 Å². The second-order valence-electron chi connectivity index (χ2n) is 7.13. The van der Waals surface area contributed by atoms with E-state index >= 15 is 0 Å². The molecule has 0 unspecified atom stereocenters. The molecule has 0 bridgehead atoms. The molecule has 0 radical (unpaired) electrons. The van der Waals surface area contributed by atoms with Gasteiger partial charge in [-0.1, -0.05) is 0 Å². The van der Waals surface area contributed by atoms with Gasteiger partial charge in [-0.25, -0.2) is 9.78 Å². The topological polar surface area (TPSA) is 110 Å². The number of ether oxygens (including phenoxy) is 2. The minimum atomic E-state index is -0.393. The van der Waals surface area contributed by atoms with Gasteiger partial charge >= 0.3 is 12.0 Å². The van der Waals surface area contributed by atoms with Crippen LogP contribution in [-0.2, 0) is 20.7 Å². The smallest absolute Gasteiger partial charge is 0.325 e. The van der Waals surface area contributed by atoms with Crippen LogP contribution in [0.2, 0.25) is 0 Å². The molecule has 9 nitrogen and oxygen atoms in total. The Bertz CT molecular complexity index is 907. The fourth-order valence-corrected chi connectivity index (χ4v) is 4.08. The van der Waals surface area contributed by atoms with E-state index in [1.807, 2.05) is 5.38 Å². The summed E-state index contributed by atoms with van der Waals surface area (Å²) in [5.41, 5.74) is 1.39. The summed E-state index contributed by atoms with van der Waals surface area (Å²) < 4.78 is 9.86. The molecule has 0 atom stereocenters. The summed E-state index contributed by atoms with van der Waals surface area (Å²) >= 11 is 1.31. The number of rotatable bonds is 7. The normalized spacial score (nSPS) is 14.1. The van der Waals surface area contributed by atoms with Crippen LogP contribution in [0.5, 0.6) is 5.75 Å². The molecule has 1 aromatic carbocycles. The van der Waals surface area contributed by atoms with Gasteiger partial charge in [0.2, 0.25) is 5.91 Å². The molecule has 0 spiro atoms. The molecule has 1 saturated heterocycles. The number of hydrogen-bond donors (Lipinski definition) is 2. The number of likely N-dealkylation sites (tertiary alicyclic amines) is 1. The number of methoxy groups -OCH3 is 2. The number of hydrogen-bond acceptors (Lipinski definition) is 7. The van der Waals surface area contributed by atoms with E-state index in [2.05, 4.69) is 15.6 Å². The largest absolute Gasteiger partial charge is 0.497 e. The molecule has 1 aliphatic rings. The molecule has 2 aromatic rings. The van der Waals surface area contributed by atoms with E-state index in [4.69, 9.17) is 9.47 Å². The van der Waals surface area contributed by atoms with Crippen LogP contribution in [0.1, 0.15) is 25.0 Å². The lowest BCUT2D eigenvalue weighted by molar-refractivity contribution is -0.148. The third-order valence-corrected chi connectivity index (χ3v) is 5.90. The molecule has 1 aromatic heterocycles. The molecule has 3 amide bonds. The minimum absolute atomic E-state index is 0.0445. The number of urea groups is 1. The Labute approximate surface area is 184 Å². The zero-order chi connectivity index (χ0) is 22.2. The summed E-state index contributed by atoms with van der Waals surface area (Å²) in [6.07, 6.45) is 2.09. The second-order valence-corrected chi connectivity index (χ2v) is 7.99. The highest BCUT2D eigenvalue weighted by Gasteiger charge is 2.27. The molecule has 10 heteroatoms. The number of thiazole rings is 1. The molecule has 0 aliphatic carbocycles. The number of anilines is 2. The number of carbonyl (C=O) groups is 3. The number of carbonyl (C=O) groups excluding carboxylic acids is 3. The van der Waals surface area contributed by atoms with Crippen LogP contribution >= 0.6 is 11.3 Å². The lowest BCUT2D eigenvalue weighted by Crippen LogP contribution is -2.40. The third kappa shape index (κ3) is 6.42. The van der Waals surface area contributed by atoms with Crippen LogP contribution in [0.15, 0.2) is 29.6 Å². The van der Waals surface area contributed by atoms with Gasteiger partial charge in [0.15, 0.2) is 5.13 Å². The number of aryl methyl sites for hydroxylation is 1. The van der Waals surface area contributed by atoms with E-state index in [-0.39, 0.29) is 17.8 Å². The highest BCUT2D eigenvalue weighted by molar-refractivity contribution is 7.13. The van der Waals surface area contributed by atoms with Crippen LogP contribution in [0, 0.1) is 5.92 Å². The number of nitrogens with zero attached hydrogens (tertiary/aromatic N) is 2. The van der Waals surface area contributed by atoms with Crippen molar-refractivity contribution in [1.82, 2.24) is 9.88 Å². The summed E-state index contributed by atoms with van der Waals surface area (Å²) in [5, 5.41) is 7.72. The molecular formula is C21H26N4O5S. The number of aromatic nitrogens is 1. The predicted octanol–water partition coefficient (Wildman–Crippen LogP) is 3.14. The van der Waals surface area contributed by atoms with E-state index in [9.17, 15) is 14.4 Å². The van der Waals surface area contributed by atoms with Gasteiger partial charge in [0.05, 0.1) is 25.8 Å². The second kappa shape index (κ2) is 10.8. The van der Waals surface area contributed by atoms with Gasteiger partial charge in [0.25, 0.3) is 0 Å². The van der Waals surface area contributed by atoms with Gasteiger partial charge < -0.3 is 19.7 Å². The monoisotopic (exact) mass is 446 g/mol. The van der Waals surface area contributed by atoms with Crippen molar-refractivity contribution in [3.63, 3.8) is 0 Å². The Balaban J connectivity index is 1.41. The molecule has 1 fully saturated rings. The van der Waals surface area contributed by atoms with Crippen molar-refractivity contribution in [2.45, 2.75) is 25.7 Å². The Morgan fingerprint density at radius 3 is 2.48 bits per heavy atom. The first-order valence-corrected chi connectivity index (χ1v) is 10.9. The van der Waals surface area contributed by atoms with Crippen molar-refractivity contribution in [2.75, 3.05) is 37.9 Å². The number of esters is 1. The maximum absolute atomic E-state index is 12.4. The fraction of sp³-hybridized carbons (Fsp3) is 0.429. The molecule has 3 rings (SSSR count). The van der Waals surface area contributed by atoms with Gasteiger partial charge in [-0.05, 0) is 43.5 Å². The minimum Gasteiger partial charge on any atom is -0.497 e.